The van der Waals surface area contributed by atoms with Gasteiger partial charge in [0.25, 0.3) is 0 Å². The number of ether oxygens (including phenoxy) is 2. The lowest BCUT2D eigenvalue weighted by atomic mass is 9.79. The van der Waals surface area contributed by atoms with Crippen molar-refractivity contribution in [2.75, 3.05) is 27.3 Å². The Hall–Kier alpha value is -2.41. The molecule has 7 heteroatoms. The van der Waals surface area contributed by atoms with Crippen molar-refractivity contribution in [1.82, 2.24) is 10.2 Å². The molecule has 1 saturated carbocycles. The molecule has 2 atom stereocenters. The van der Waals surface area contributed by atoms with Gasteiger partial charge in [0.15, 0.2) is 0 Å². The summed E-state index contributed by atoms with van der Waals surface area (Å²) in [6.45, 7) is 1.32. The van der Waals surface area contributed by atoms with E-state index < -0.39 is 0 Å². The Morgan fingerprint density at radius 3 is 2.33 bits per heavy atom. The number of nitrogens with zero attached hydrogens (tertiary/aromatic N) is 1. The van der Waals surface area contributed by atoms with Crippen molar-refractivity contribution in [2.24, 2.45) is 11.8 Å². The van der Waals surface area contributed by atoms with Gasteiger partial charge in [0.1, 0.15) is 6.04 Å². The van der Waals surface area contributed by atoms with Crippen molar-refractivity contribution in [2.45, 2.75) is 51.1 Å². The second-order valence-corrected chi connectivity index (χ2v) is 8.33. The van der Waals surface area contributed by atoms with Gasteiger partial charge in [0.2, 0.25) is 5.91 Å². The number of esters is 2. The minimum atomic E-state index is -0.388. The summed E-state index contributed by atoms with van der Waals surface area (Å²) in [7, 11) is 2.75. The molecule has 0 bridgehead atoms. The van der Waals surface area contributed by atoms with Crippen molar-refractivity contribution < 1.29 is 23.9 Å². The van der Waals surface area contributed by atoms with Crippen molar-refractivity contribution in [3.05, 3.63) is 35.4 Å². The smallest absolute Gasteiger partial charge is 0.337 e. The Balaban J connectivity index is 1.54. The first-order valence-corrected chi connectivity index (χ1v) is 10.8. The van der Waals surface area contributed by atoms with Crippen LogP contribution >= 0.6 is 0 Å². The zero-order valence-corrected chi connectivity index (χ0v) is 17.9. The van der Waals surface area contributed by atoms with Crippen LogP contribution < -0.4 is 5.32 Å². The molecule has 0 radical (unpaired) electrons. The zero-order valence-electron chi connectivity index (χ0n) is 17.9. The molecule has 0 aromatic heterocycles. The van der Waals surface area contributed by atoms with Crippen LogP contribution in [-0.4, -0.2) is 56.1 Å². The van der Waals surface area contributed by atoms with E-state index in [0.29, 0.717) is 23.9 Å². The lowest BCUT2D eigenvalue weighted by Gasteiger charge is -2.27. The maximum atomic E-state index is 12.6. The Morgan fingerprint density at radius 1 is 1.00 bits per heavy atom. The highest BCUT2D eigenvalue weighted by Gasteiger charge is 2.41. The second kappa shape index (κ2) is 10.6. The summed E-state index contributed by atoms with van der Waals surface area (Å²) in [6, 6.07) is 6.59. The highest BCUT2D eigenvalue weighted by molar-refractivity contribution is 5.89. The number of carbonyl (C=O) groups is 3. The largest absolute Gasteiger partial charge is 0.468 e. The molecule has 1 saturated heterocycles. The van der Waals surface area contributed by atoms with E-state index in [1.54, 1.807) is 24.3 Å². The highest BCUT2D eigenvalue weighted by atomic mass is 16.5. The van der Waals surface area contributed by atoms with E-state index >= 15 is 0 Å². The molecule has 0 spiro atoms. The average Bonchev–Trinajstić information content (AvgIpc) is 3.21. The number of rotatable bonds is 7. The molecule has 3 rings (SSSR count). The summed E-state index contributed by atoms with van der Waals surface area (Å²) in [5.74, 6) is 0.339. The molecule has 164 valence electrons. The molecule has 1 N–H and O–H groups in total. The van der Waals surface area contributed by atoms with Gasteiger partial charge in [-0.3, -0.25) is 14.5 Å². The fourth-order valence-corrected chi connectivity index (χ4v) is 4.76. The molecular weight excluding hydrogens is 384 g/mol. The van der Waals surface area contributed by atoms with Crippen LogP contribution in [0.3, 0.4) is 0 Å². The van der Waals surface area contributed by atoms with Crippen molar-refractivity contribution in [3.63, 3.8) is 0 Å². The van der Waals surface area contributed by atoms with Crippen LogP contribution in [0.5, 0.6) is 0 Å². The topological polar surface area (TPSA) is 84.9 Å². The normalized spacial score (nSPS) is 22.5. The molecule has 1 aromatic carbocycles. The van der Waals surface area contributed by atoms with Gasteiger partial charge in [-0.15, -0.1) is 0 Å². The standard InChI is InChI=1S/C23H32N2O5/c1-29-22(27)18-10-8-16(9-11-18)13-24-21(26)15-25-14-19(12-20(25)23(28)30-2)17-6-4-3-5-7-17/h8-11,17,19-20H,3-7,12-15H2,1-2H3,(H,24,26). The summed E-state index contributed by atoms with van der Waals surface area (Å²) in [5, 5.41) is 2.91. The van der Waals surface area contributed by atoms with Gasteiger partial charge >= 0.3 is 11.9 Å². The van der Waals surface area contributed by atoms with Crippen LogP contribution in [0.15, 0.2) is 24.3 Å². The number of carbonyl (C=O) groups excluding carboxylic acids is 3. The number of hydrogen-bond acceptors (Lipinski definition) is 6. The van der Waals surface area contributed by atoms with E-state index in [9.17, 15) is 14.4 Å². The molecule has 2 aliphatic rings. The number of benzene rings is 1. The number of amides is 1. The Kier molecular flexibility index (Phi) is 7.85. The van der Waals surface area contributed by atoms with E-state index in [1.807, 2.05) is 4.90 Å². The van der Waals surface area contributed by atoms with Crippen LogP contribution in [0.1, 0.15) is 54.4 Å². The molecule has 7 nitrogen and oxygen atoms in total. The molecule has 1 aliphatic carbocycles. The first-order chi connectivity index (χ1) is 14.5. The van der Waals surface area contributed by atoms with Crippen molar-refractivity contribution in [3.8, 4) is 0 Å². The van der Waals surface area contributed by atoms with E-state index in [1.165, 1.54) is 46.3 Å². The molecule has 30 heavy (non-hydrogen) atoms. The summed E-state index contributed by atoms with van der Waals surface area (Å²) < 4.78 is 9.69. The van der Waals surface area contributed by atoms with Gasteiger partial charge in [0, 0.05) is 13.1 Å². The Bertz CT molecular complexity index is 742. The summed E-state index contributed by atoms with van der Waals surface area (Å²) in [5.41, 5.74) is 1.36. The van der Waals surface area contributed by atoms with Gasteiger partial charge in [-0.25, -0.2) is 4.79 Å². The van der Waals surface area contributed by atoms with Crippen molar-refractivity contribution >= 4 is 17.8 Å². The number of likely N-dealkylation sites (tertiary alicyclic amines) is 1. The lowest BCUT2D eigenvalue weighted by Crippen LogP contribution is -2.43. The van der Waals surface area contributed by atoms with Gasteiger partial charge in [-0.05, 0) is 36.0 Å². The van der Waals surface area contributed by atoms with Gasteiger partial charge in [-0.2, -0.15) is 0 Å². The van der Waals surface area contributed by atoms with Gasteiger partial charge < -0.3 is 14.8 Å². The minimum absolute atomic E-state index is 0.120. The molecule has 1 amide bonds. The van der Waals surface area contributed by atoms with Crippen LogP contribution in [0.25, 0.3) is 0 Å². The van der Waals surface area contributed by atoms with Crippen LogP contribution in [-0.2, 0) is 25.6 Å². The lowest BCUT2D eigenvalue weighted by molar-refractivity contribution is -0.146. The quantitative estimate of drug-likeness (QED) is 0.688. The van der Waals surface area contributed by atoms with Gasteiger partial charge in [0.05, 0.1) is 26.3 Å². The van der Waals surface area contributed by atoms with Crippen LogP contribution in [0.4, 0.5) is 0 Å². The van der Waals surface area contributed by atoms with E-state index in [0.717, 1.165) is 18.5 Å². The van der Waals surface area contributed by atoms with E-state index in [-0.39, 0.29) is 30.4 Å². The summed E-state index contributed by atoms with van der Waals surface area (Å²) >= 11 is 0. The van der Waals surface area contributed by atoms with E-state index in [2.05, 4.69) is 10.1 Å². The average molecular weight is 417 g/mol. The third-order valence-electron chi connectivity index (χ3n) is 6.44. The maximum Gasteiger partial charge on any atom is 0.337 e. The number of nitrogens with one attached hydrogen (secondary N) is 1. The Morgan fingerprint density at radius 2 is 1.70 bits per heavy atom. The highest BCUT2D eigenvalue weighted by Crippen LogP contribution is 2.37. The number of methoxy groups -OCH3 is 2. The van der Waals surface area contributed by atoms with E-state index in [4.69, 9.17) is 4.74 Å². The van der Waals surface area contributed by atoms with Crippen LogP contribution in [0.2, 0.25) is 0 Å². The molecule has 1 heterocycles. The maximum absolute atomic E-state index is 12.6. The molecule has 1 aliphatic heterocycles. The second-order valence-electron chi connectivity index (χ2n) is 8.33. The molecule has 2 unspecified atom stereocenters. The Labute approximate surface area is 178 Å². The first kappa shape index (κ1) is 22.3. The fraction of sp³-hybridized carbons (Fsp3) is 0.609. The predicted octanol–water partition coefficient (Wildman–Crippen LogP) is 2.53. The number of hydrogen-bond donors (Lipinski definition) is 1. The van der Waals surface area contributed by atoms with Crippen LogP contribution in [0, 0.1) is 11.8 Å². The summed E-state index contributed by atoms with van der Waals surface area (Å²) in [4.78, 5) is 38.3. The fourth-order valence-electron chi connectivity index (χ4n) is 4.76. The SMILES string of the molecule is COC(=O)c1ccc(CNC(=O)CN2CC(C3CCCCC3)CC2C(=O)OC)cc1. The molecule has 2 fully saturated rings. The summed E-state index contributed by atoms with van der Waals surface area (Å²) in [6.07, 6.45) is 7.05. The third-order valence-corrected chi connectivity index (χ3v) is 6.44. The monoisotopic (exact) mass is 416 g/mol. The predicted molar refractivity (Wildman–Crippen MR) is 112 cm³/mol. The third kappa shape index (κ3) is 5.59. The first-order valence-electron chi connectivity index (χ1n) is 10.8. The van der Waals surface area contributed by atoms with Gasteiger partial charge in [-0.1, -0.05) is 44.2 Å². The minimum Gasteiger partial charge on any atom is -0.468 e. The molecule has 1 aromatic rings. The molecular formula is C23H32N2O5. The zero-order chi connectivity index (χ0) is 21.5. The van der Waals surface area contributed by atoms with Crippen molar-refractivity contribution in [1.29, 1.82) is 0 Å².